The Morgan fingerprint density at radius 2 is 1.96 bits per heavy atom. The van der Waals surface area contributed by atoms with Crippen molar-refractivity contribution < 1.29 is 9.21 Å². The van der Waals surface area contributed by atoms with Crippen LogP contribution < -0.4 is 16.4 Å². The van der Waals surface area contributed by atoms with Crippen molar-refractivity contribution in [2.75, 3.05) is 0 Å². The Kier molecular flexibility index (Phi) is 4.35. The average Bonchev–Trinajstić information content (AvgIpc) is 3.13. The first-order valence-electron chi connectivity index (χ1n) is 9.04. The summed E-state index contributed by atoms with van der Waals surface area (Å²) in [6.45, 7) is 4.00. The Morgan fingerprint density at radius 1 is 1.18 bits per heavy atom. The molecular weight excluding hydrogens is 358 g/mol. The second-order valence-corrected chi connectivity index (χ2v) is 6.62. The lowest BCUT2D eigenvalue weighted by Gasteiger charge is -2.12. The first kappa shape index (κ1) is 17.8. The molecule has 7 heteroatoms. The third-order valence-corrected chi connectivity index (χ3v) is 4.77. The van der Waals surface area contributed by atoms with E-state index in [1.165, 1.54) is 4.57 Å². The van der Waals surface area contributed by atoms with Crippen LogP contribution in [-0.4, -0.2) is 15.5 Å². The van der Waals surface area contributed by atoms with Gasteiger partial charge in [0, 0.05) is 17.5 Å². The molecule has 7 nitrogen and oxygen atoms in total. The Bertz CT molecular complexity index is 1280. The number of nitrogens with one attached hydrogen (secondary N) is 2. The number of hydrogen-bond acceptors (Lipinski definition) is 4. The summed E-state index contributed by atoms with van der Waals surface area (Å²) in [6, 6.07) is 14.1. The molecule has 4 aromatic rings. The summed E-state index contributed by atoms with van der Waals surface area (Å²) in [4.78, 5) is 39.0. The third-order valence-electron chi connectivity index (χ3n) is 4.77. The Morgan fingerprint density at radius 3 is 2.71 bits per heavy atom. The zero-order valence-corrected chi connectivity index (χ0v) is 15.5. The number of aryl methyl sites for hydroxylation is 1. The van der Waals surface area contributed by atoms with Crippen LogP contribution in [0.5, 0.6) is 0 Å². The van der Waals surface area contributed by atoms with E-state index in [0.29, 0.717) is 28.9 Å². The van der Waals surface area contributed by atoms with Gasteiger partial charge >= 0.3 is 11.1 Å². The van der Waals surface area contributed by atoms with Gasteiger partial charge < -0.3 is 19.3 Å². The molecule has 0 bridgehead atoms. The third kappa shape index (κ3) is 3.00. The van der Waals surface area contributed by atoms with Crippen LogP contribution in [0.2, 0.25) is 0 Å². The van der Waals surface area contributed by atoms with Gasteiger partial charge in [-0.2, -0.15) is 0 Å². The number of furan rings is 1. The maximum atomic E-state index is 12.7. The number of benzene rings is 2. The van der Waals surface area contributed by atoms with Gasteiger partial charge in [-0.25, -0.2) is 0 Å². The van der Waals surface area contributed by atoms with E-state index in [1.54, 1.807) is 25.1 Å². The highest BCUT2D eigenvalue weighted by molar-refractivity contribution is 5.97. The number of carbonyl (C=O) groups excluding carboxylic acids is 1. The molecule has 1 amide bonds. The molecule has 2 aromatic heterocycles. The van der Waals surface area contributed by atoms with Gasteiger partial charge in [0.2, 0.25) is 0 Å². The molecule has 0 fully saturated rings. The fourth-order valence-electron chi connectivity index (χ4n) is 3.30. The van der Waals surface area contributed by atoms with Crippen LogP contribution >= 0.6 is 0 Å². The fraction of sp³-hybridized carbons (Fsp3) is 0.190. The minimum atomic E-state index is -0.706. The zero-order chi connectivity index (χ0) is 19.8. The lowest BCUT2D eigenvalue weighted by atomic mass is 10.1. The van der Waals surface area contributed by atoms with Crippen LogP contribution in [0, 0.1) is 0 Å². The van der Waals surface area contributed by atoms with Gasteiger partial charge in [-0.1, -0.05) is 18.2 Å². The number of rotatable bonds is 4. The second-order valence-electron chi connectivity index (χ2n) is 6.62. The van der Waals surface area contributed by atoms with E-state index in [4.69, 9.17) is 4.42 Å². The number of aromatic nitrogens is 2. The summed E-state index contributed by atoms with van der Waals surface area (Å²) >= 11 is 0. The first-order chi connectivity index (χ1) is 13.5. The zero-order valence-electron chi connectivity index (χ0n) is 15.5. The number of fused-ring (bicyclic) bond motifs is 2. The Labute approximate surface area is 159 Å². The van der Waals surface area contributed by atoms with E-state index in [9.17, 15) is 14.4 Å². The van der Waals surface area contributed by atoms with E-state index >= 15 is 0 Å². The number of nitrogens with zero attached hydrogens (tertiary/aromatic N) is 1. The maximum absolute atomic E-state index is 12.7. The molecule has 2 aromatic carbocycles. The van der Waals surface area contributed by atoms with Gasteiger partial charge in [-0.3, -0.25) is 14.4 Å². The highest BCUT2D eigenvalue weighted by Crippen LogP contribution is 2.24. The van der Waals surface area contributed by atoms with Crippen molar-refractivity contribution in [2.45, 2.75) is 26.4 Å². The van der Waals surface area contributed by atoms with Crippen LogP contribution in [-0.2, 0) is 6.54 Å². The van der Waals surface area contributed by atoms with Crippen molar-refractivity contribution in [2.24, 2.45) is 0 Å². The minimum absolute atomic E-state index is 0.301. The van der Waals surface area contributed by atoms with Crippen LogP contribution in [0.1, 0.15) is 36.0 Å². The summed E-state index contributed by atoms with van der Waals surface area (Å²) < 4.78 is 7.18. The molecule has 2 heterocycles. The first-order valence-corrected chi connectivity index (χ1v) is 9.04. The van der Waals surface area contributed by atoms with Crippen molar-refractivity contribution in [1.82, 2.24) is 14.9 Å². The van der Waals surface area contributed by atoms with Crippen LogP contribution in [0.15, 0.2) is 62.5 Å². The molecule has 142 valence electrons. The van der Waals surface area contributed by atoms with Crippen molar-refractivity contribution in [3.05, 3.63) is 80.6 Å². The van der Waals surface area contributed by atoms with Crippen LogP contribution in [0.25, 0.3) is 22.0 Å². The number of aromatic amines is 1. The largest absolute Gasteiger partial charge is 0.459 e. The molecule has 0 aliphatic heterocycles. The molecule has 2 N–H and O–H groups in total. The topological polar surface area (TPSA) is 97.1 Å². The van der Waals surface area contributed by atoms with Gasteiger partial charge in [0.05, 0.1) is 17.1 Å². The molecule has 0 radical (unpaired) electrons. The predicted octanol–water partition coefficient (Wildman–Crippen LogP) is 2.95. The van der Waals surface area contributed by atoms with Gasteiger partial charge in [0.1, 0.15) is 11.3 Å². The SMILES string of the molecule is CCn1c(=O)c(=O)[nH]c2cc(C(=O)NC(C)c3cc4ccccc4o3)ccc21. The monoisotopic (exact) mass is 377 g/mol. The molecule has 0 saturated heterocycles. The van der Waals surface area contributed by atoms with Crippen molar-refractivity contribution in [3.63, 3.8) is 0 Å². The molecule has 1 unspecified atom stereocenters. The molecular formula is C21H19N3O4. The highest BCUT2D eigenvalue weighted by Gasteiger charge is 2.16. The summed E-state index contributed by atoms with van der Waals surface area (Å²) in [5.41, 5.74) is 0.851. The highest BCUT2D eigenvalue weighted by atomic mass is 16.3. The van der Waals surface area contributed by atoms with Crippen LogP contribution in [0.3, 0.4) is 0 Å². The Balaban J connectivity index is 1.64. The quantitative estimate of drug-likeness (QED) is 0.534. The molecule has 0 saturated carbocycles. The van der Waals surface area contributed by atoms with E-state index in [0.717, 1.165) is 11.0 Å². The van der Waals surface area contributed by atoms with E-state index < -0.39 is 11.1 Å². The summed E-state index contributed by atoms with van der Waals surface area (Å²) in [6.07, 6.45) is 0. The summed E-state index contributed by atoms with van der Waals surface area (Å²) in [5.74, 6) is 0.355. The van der Waals surface area contributed by atoms with Crippen molar-refractivity contribution in [1.29, 1.82) is 0 Å². The maximum Gasteiger partial charge on any atom is 0.316 e. The predicted molar refractivity (Wildman–Crippen MR) is 107 cm³/mol. The molecule has 4 rings (SSSR count). The lowest BCUT2D eigenvalue weighted by molar-refractivity contribution is 0.0936. The smallest absolute Gasteiger partial charge is 0.316 e. The Hall–Kier alpha value is -3.61. The number of amides is 1. The fourth-order valence-corrected chi connectivity index (χ4v) is 3.30. The van der Waals surface area contributed by atoms with Gasteiger partial charge in [-0.15, -0.1) is 0 Å². The van der Waals surface area contributed by atoms with Gasteiger partial charge in [0.25, 0.3) is 5.91 Å². The van der Waals surface area contributed by atoms with Gasteiger partial charge in [0.15, 0.2) is 0 Å². The standard InChI is InChI=1S/C21H19N3O4/c1-3-24-16-9-8-14(10-15(16)23-20(26)21(24)27)19(25)22-12(2)18-11-13-6-4-5-7-17(13)28-18/h4-12H,3H2,1-2H3,(H,22,25)(H,23,26). The normalized spacial score (nSPS) is 12.4. The van der Waals surface area contributed by atoms with E-state index in [-0.39, 0.29) is 11.9 Å². The summed E-state index contributed by atoms with van der Waals surface area (Å²) in [7, 11) is 0. The van der Waals surface area contributed by atoms with Crippen molar-refractivity contribution >= 4 is 27.9 Å². The molecule has 28 heavy (non-hydrogen) atoms. The second kappa shape index (κ2) is 6.84. The van der Waals surface area contributed by atoms with Crippen LogP contribution in [0.4, 0.5) is 0 Å². The minimum Gasteiger partial charge on any atom is -0.459 e. The molecule has 0 aliphatic rings. The number of hydrogen-bond donors (Lipinski definition) is 2. The number of carbonyl (C=O) groups is 1. The lowest BCUT2D eigenvalue weighted by Crippen LogP contribution is -2.36. The van der Waals surface area contributed by atoms with E-state index in [1.807, 2.05) is 37.3 Å². The number of para-hydroxylation sites is 1. The molecule has 0 aliphatic carbocycles. The summed E-state index contributed by atoms with van der Waals surface area (Å²) in [5, 5.41) is 3.87. The van der Waals surface area contributed by atoms with Gasteiger partial charge in [-0.05, 0) is 44.2 Å². The molecule has 1 atom stereocenters. The average molecular weight is 377 g/mol. The molecule has 0 spiro atoms. The van der Waals surface area contributed by atoms with E-state index in [2.05, 4.69) is 10.3 Å². The number of H-pyrrole nitrogens is 1. The van der Waals surface area contributed by atoms with Crippen molar-refractivity contribution in [3.8, 4) is 0 Å².